The van der Waals surface area contributed by atoms with Gasteiger partial charge in [-0.15, -0.1) is 23.2 Å². The molecular weight excluding hydrogens is 247 g/mol. The molecule has 2 aliphatic heterocycles. The van der Waals surface area contributed by atoms with E-state index in [1.807, 2.05) is 0 Å². The van der Waals surface area contributed by atoms with Crippen LogP contribution in [-0.4, -0.2) is 45.1 Å². The lowest BCUT2D eigenvalue weighted by molar-refractivity contribution is -0.153. The third-order valence-electron chi connectivity index (χ3n) is 2.91. The quantitative estimate of drug-likeness (QED) is 0.697. The summed E-state index contributed by atoms with van der Waals surface area (Å²) >= 11 is 11.7. The van der Waals surface area contributed by atoms with Crippen LogP contribution in [0.15, 0.2) is 0 Å². The van der Waals surface area contributed by atoms with Gasteiger partial charge in [-0.3, -0.25) is 9.59 Å². The van der Waals surface area contributed by atoms with Gasteiger partial charge < -0.3 is 14.9 Å². The largest absolute Gasteiger partial charge is 0.481 e. The third-order valence-corrected chi connectivity index (χ3v) is 4.08. The number of carbonyl (C=O) groups is 2. The SMILES string of the molecule is O=C(O)[C@@H]1[C@H]2O[C@@H]([C@H](Cl)[C@@H]2Cl)[C@@H]1C(=O)O. The Morgan fingerprint density at radius 1 is 0.933 bits per heavy atom. The van der Waals surface area contributed by atoms with Crippen LogP contribution < -0.4 is 0 Å². The van der Waals surface area contributed by atoms with E-state index in [1.54, 1.807) is 0 Å². The Bertz CT molecular complexity index is 290. The second-order valence-electron chi connectivity index (χ2n) is 3.68. The predicted molar refractivity (Wildman–Crippen MR) is 50.2 cm³/mol. The van der Waals surface area contributed by atoms with Crippen LogP contribution in [-0.2, 0) is 14.3 Å². The molecule has 2 N–H and O–H groups in total. The fourth-order valence-electron chi connectivity index (χ4n) is 2.26. The summed E-state index contributed by atoms with van der Waals surface area (Å²) in [5.41, 5.74) is 0. The van der Waals surface area contributed by atoms with Crippen LogP contribution >= 0.6 is 23.2 Å². The smallest absolute Gasteiger partial charge is 0.310 e. The molecule has 0 aliphatic carbocycles. The van der Waals surface area contributed by atoms with Gasteiger partial charge in [-0.05, 0) is 0 Å². The minimum absolute atomic E-state index is 0.645. The highest BCUT2D eigenvalue weighted by Crippen LogP contribution is 2.48. The topological polar surface area (TPSA) is 83.8 Å². The molecule has 15 heavy (non-hydrogen) atoms. The zero-order valence-corrected chi connectivity index (χ0v) is 8.85. The van der Waals surface area contributed by atoms with E-state index in [0.29, 0.717) is 0 Å². The van der Waals surface area contributed by atoms with E-state index in [0.717, 1.165) is 0 Å². The van der Waals surface area contributed by atoms with Gasteiger partial charge in [-0.25, -0.2) is 0 Å². The van der Waals surface area contributed by atoms with Gasteiger partial charge in [0.25, 0.3) is 0 Å². The predicted octanol–water partition coefficient (Wildman–Crippen LogP) is 0.384. The number of aliphatic carboxylic acids is 2. The van der Waals surface area contributed by atoms with Gasteiger partial charge in [0.15, 0.2) is 0 Å². The molecule has 0 amide bonds. The van der Waals surface area contributed by atoms with Crippen LogP contribution in [0.4, 0.5) is 0 Å². The summed E-state index contributed by atoms with van der Waals surface area (Å²) in [6.07, 6.45) is -1.62. The number of alkyl halides is 2. The van der Waals surface area contributed by atoms with Crippen LogP contribution in [0.1, 0.15) is 0 Å². The fourth-order valence-corrected chi connectivity index (χ4v) is 2.98. The summed E-state index contributed by atoms with van der Waals surface area (Å²) in [5, 5.41) is 16.5. The molecule has 2 bridgehead atoms. The van der Waals surface area contributed by atoms with Crippen molar-refractivity contribution in [3.05, 3.63) is 0 Å². The lowest BCUT2D eigenvalue weighted by Gasteiger charge is -2.27. The molecule has 0 aromatic rings. The first-order chi connectivity index (χ1) is 6.95. The van der Waals surface area contributed by atoms with Crippen molar-refractivity contribution >= 4 is 35.1 Å². The number of carboxylic acid groups (broad SMARTS) is 2. The van der Waals surface area contributed by atoms with Crippen molar-refractivity contribution in [2.45, 2.75) is 23.0 Å². The first kappa shape index (κ1) is 11.0. The second-order valence-corrected chi connectivity index (χ2v) is 4.69. The summed E-state index contributed by atoms with van der Waals surface area (Å²) in [5.74, 6) is -4.62. The van der Waals surface area contributed by atoms with Crippen LogP contribution in [0.3, 0.4) is 0 Å². The standard InChI is InChI=1S/C8H8Cl2O5/c9-3-4(10)6-2(8(13)14)1(7(11)12)5(3)15-6/h1-6H,(H,11,12)(H,13,14)/t1-,2+,3-,4+,5-,6-/m1/s1. The van der Waals surface area contributed by atoms with Gasteiger partial charge in [-0.2, -0.15) is 0 Å². The van der Waals surface area contributed by atoms with Gasteiger partial charge in [0.05, 0.1) is 23.0 Å². The van der Waals surface area contributed by atoms with Crippen molar-refractivity contribution < 1.29 is 24.5 Å². The van der Waals surface area contributed by atoms with Crippen molar-refractivity contribution in [3.63, 3.8) is 0 Å². The van der Waals surface area contributed by atoms with Gasteiger partial charge in [0.1, 0.15) is 11.8 Å². The van der Waals surface area contributed by atoms with E-state index in [4.69, 9.17) is 38.2 Å². The molecule has 2 rings (SSSR count). The maximum atomic E-state index is 10.9. The third kappa shape index (κ3) is 1.41. The zero-order chi connectivity index (χ0) is 11.3. The highest BCUT2D eigenvalue weighted by Gasteiger charge is 2.63. The van der Waals surface area contributed by atoms with Gasteiger partial charge in [0.2, 0.25) is 0 Å². The average molecular weight is 255 g/mol. The lowest BCUT2D eigenvalue weighted by Crippen LogP contribution is -2.47. The summed E-state index contributed by atoms with van der Waals surface area (Å²) in [7, 11) is 0. The van der Waals surface area contributed by atoms with Crippen LogP contribution in [0, 0.1) is 11.8 Å². The molecule has 0 saturated carbocycles. The Kier molecular flexibility index (Phi) is 2.56. The number of rotatable bonds is 2. The molecule has 0 radical (unpaired) electrons. The number of hydrogen-bond acceptors (Lipinski definition) is 3. The highest BCUT2D eigenvalue weighted by atomic mass is 35.5. The Morgan fingerprint density at radius 3 is 1.53 bits per heavy atom. The summed E-state index contributed by atoms with van der Waals surface area (Å²) in [6.45, 7) is 0. The molecule has 2 saturated heterocycles. The lowest BCUT2D eigenvalue weighted by atomic mass is 9.79. The van der Waals surface area contributed by atoms with Crippen LogP contribution in [0.5, 0.6) is 0 Å². The average Bonchev–Trinajstić information content (AvgIpc) is 2.64. The van der Waals surface area contributed by atoms with E-state index < -0.39 is 46.7 Å². The van der Waals surface area contributed by atoms with E-state index in [9.17, 15) is 9.59 Å². The normalized spacial score (nSPS) is 48.1. The number of halogens is 2. The Morgan fingerprint density at radius 2 is 1.27 bits per heavy atom. The maximum absolute atomic E-state index is 10.9. The first-order valence-corrected chi connectivity index (χ1v) is 5.21. The molecule has 0 unspecified atom stereocenters. The van der Waals surface area contributed by atoms with Gasteiger partial charge >= 0.3 is 11.9 Å². The van der Waals surface area contributed by atoms with Crippen molar-refractivity contribution in [2.24, 2.45) is 11.8 Å². The minimum Gasteiger partial charge on any atom is -0.481 e. The molecule has 2 heterocycles. The van der Waals surface area contributed by atoms with E-state index in [2.05, 4.69) is 0 Å². The van der Waals surface area contributed by atoms with Crippen molar-refractivity contribution in [1.29, 1.82) is 0 Å². The van der Waals surface area contributed by atoms with Crippen molar-refractivity contribution in [2.75, 3.05) is 0 Å². The monoisotopic (exact) mass is 254 g/mol. The highest BCUT2D eigenvalue weighted by molar-refractivity contribution is 6.31. The summed E-state index contributed by atoms with van der Waals surface area (Å²) < 4.78 is 5.22. The van der Waals surface area contributed by atoms with Gasteiger partial charge in [0, 0.05) is 0 Å². The first-order valence-electron chi connectivity index (χ1n) is 4.34. The summed E-state index contributed by atoms with van der Waals surface area (Å²) in [4.78, 5) is 21.8. The molecule has 2 aliphatic rings. The molecule has 84 valence electrons. The number of hydrogen-bond donors (Lipinski definition) is 2. The zero-order valence-electron chi connectivity index (χ0n) is 7.34. The van der Waals surface area contributed by atoms with Gasteiger partial charge in [-0.1, -0.05) is 0 Å². The molecule has 0 aromatic heterocycles. The summed E-state index contributed by atoms with van der Waals surface area (Å²) in [6, 6.07) is 0. The Labute approximate surface area is 94.9 Å². The van der Waals surface area contributed by atoms with E-state index >= 15 is 0 Å². The number of ether oxygens (including phenoxy) is 1. The fraction of sp³-hybridized carbons (Fsp3) is 0.750. The molecule has 6 atom stereocenters. The van der Waals surface area contributed by atoms with Crippen molar-refractivity contribution in [1.82, 2.24) is 0 Å². The number of carboxylic acids is 2. The molecule has 0 aromatic carbocycles. The Balaban J connectivity index is 2.32. The van der Waals surface area contributed by atoms with Crippen LogP contribution in [0.2, 0.25) is 0 Å². The van der Waals surface area contributed by atoms with E-state index in [-0.39, 0.29) is 0 Å². The molecule has 0 spiro atoms. The van der Waals surface area contributed by atoms with E-state index in [1.165, 1.54) is 0 Å². The van der Waals surface area contributed by atoms with Crippen LogP contribution in [0.25, 0.3) is 0 Å². The molecule has 5 nitrogen and oxygen atoms in total. The molecular formula is C8H8Cl2O5. The molecule has 7 heteroatoms. The second kappa shape index (κ2) is 3.50. The number of fused-ring (bicyclic) bond motifs is 2. The van der Waals surface area contributed by atoms with Crippen molar-refractivity contribution in [3.8, 4) is 0 Å². The molecule has 2 fully saturated rings. The minimum atomic E-state index is -1.20. The maximum Gasteiger partial charge on any atom is 0.310 e. The Hall–Kier alpha value is -0.520.